The number of amides is 2. The monoisotopic (exact) mass is 429 g/mol. The van der Waals surface area contributed by atoms with E-state index in [9.17, 15) is 14.0 Å². The first-order chi connectivity index (χ1) is 12.9. The van der Waals surface area contributed by atoms with Gasteiger partial charge in [-0.15, -0.1) is 0 Å². The Bertz CT molecular complexity index is 990. The van der Waals surface area contributed by atoms with Crippen LogP contribution in [0, 0.1) is 12.4 Å². The molecule has 0 unspecified atom stereocenters. The van der Waals surface area contributed by atoms with Gasteiger partial charge in [0.05, 0.1) is 17.8 Å². The zero-order valence-electron chi connectivity index (χ0n) is 13.9. The summed E-state index contributed by atoms with van der Waals surface area (Å²) >= 11 is 3.42. The molecule has 1 aliphatic heterocycles. The molecule has 1 spiro atoms. The maximum atomic E-state index is 12.9. The molecule has 1 N–H and O–H groups in total. The average molecular weight is 430 g/mol. The van der Waals surface area contributed by atoms with Crippen molar-refractivity contribution in [1.82, 2.24) is 14.9 Å². The number of carbonyl (C=O) groups is 2. The zero-order chi connectivity index (χ0) is 19.2. The summed E-state index contributed by atoms with van der Waals surface area (Å²) in [7, 11) is 0. The lowest BCUT2D eigenvalue weighted by Gasteiger charge is -2.33. The van der Waals surface area contributed by atoms with Crippen LogP contribution in [-0.4, -0.2) is 45.8 Å². The molecule has 1 fully saturated rings. The van der Waals surface area contributed by atoms with E-state index in [0.717, 1.165) is 22.4 Å². The molecule has 136 valence electrons. The predicted molar refractivity (Wildman–Crippen MR) is 97.4 cm³/mol. The standard InChI is InChI=1S/C18H13BrFN5O2/c1-21-14-5-18(14)9-25(16(27)12-3-2-10(19)4-13(12)18)8-15(26)24-17-22-6-11(20)7-23-17/h2-4,6-7,14H,5,8-9H2,(H,22,23,24,26)/t14-,18-/m1/s1. The largest absolute Gasteiger partial charge is 0.328 e. The van der Waals surface area contributed by atoms with Gasteiger partial charge in [0.2, 0.25) is 17.9 Å². The Balaban J connectivity index is 1.56. The normalized spacial score (nSPS) is 22.9. The molecule has 2 atom stereocenters. The highest BCUT2D eigenvalue weighted by atomic mass is 79.9. The lowest BCUT2D eigenvalue weighted by molar-refractivity contribution is -0.117. The fraction of sp³-hybridized carbons (Fsp3) is 0.278. The number of carbonyl (C=O) groups excluding carboxylic acids is 2. The highest BCUT2D eigenvalue weighted by Gasteiger charge is 2.66. The molecule has 1 aromatic heterocycles. The molecule has 0 radical (unpaired) electrons. The molecule has 4 rings (SSSR count). The number of nitrogens with one attached hydrogen (secondary N) is 1. The molecular formula is C18H13BrFN5O2. The van der Waals surface area contributed by atoms with Crippen LogP contribution in [-0.2, 0) is 10.2 Å². The van der Waals surface area contributed by atoms with E-state index in [2.05, 4.69) is 36.1 Å². The number of anilines is 1. The first-order valence-electron chi connectivity index (χ1n) is 8.16. The minimum absolute atomic E-state index is 0.0321. The summed E-state index contributed by atoms with van der Waals surface area (Å²) in [5.74, 6) is -1.38. The number of rotatable bonds is 3. The summed E-state index contributed by atoms with van der Waals surface area (Å²) in [6.45, 7) is 7.50. The third-order valence-electron chi connectivity index (χ3n) is 4.91. The second kappa shape index (κ2) is 6.39. The van der Waals surface area contributed by atoms with Crippen LogP contribution in [0.15, 0.2) is 35.1 Å². The number of halogens is 2. The van der Waals surface area contributed by atoms with Gasteiger partial charge in [-0.3, -0.25) is 14.9 Å². The van der Waals surface area contributed by atoms with E-state index in [4.69, 9.17) is 6.57 Å². The molecule has 7 nitrogen and oxygen atoms in total. The Kier molecular flexibility index (Phi) is 4.15. The molecule has 2 aliphatic rings. The van der Waals surface area contributed by atoms with Crippen molar-refractivity contribution in [2.75, 3.05) is 18.4 Å². The van der Waals surface area contributed by atoms with Gasteiger partial charge in [-0.25, -0.2) is 20.9 Å². The summed E-state index contributed by atoms with van der Waals surface area (Å²) in [5.41, 5.74) is 0.948. The van der Waals surface area contributed by atoms with E-state index in [1.165, 1.54) is 4.90 Å². The lowest BCUT2D eigenvalue weighted by atomic mass is 9.86. The van der Waals surface area contributed by atoms with Crippen molar-refractivity contribution in [2.24, 2.45) is 0 Å². The van der Waals surface area contributed by atoms with Gasteiger partial charge in [0.25, 0.3) is 5.91 Å². The van der Waals surface area contributed by atoms with E-state index in [1.807, 2.05) is 6.07 Å². The molecule has 0 saturated heterocycles. The van der Waals surface area contributed by atoms with Gasteiger partial charge in [-0.1, -0.05) is 15.9 Å². The minimum atomic E-state index is -0.608. The first kappa shape index (κ1) is 17.5. The van der Waals surface area contributed by atoms with Crippen LogP contribution in [0.25, 0.3) is 4.85 Å². The SMILES string of the molecule is [C-]#[N+][C@@H]1C[C@]12CN(CC(=O)Nc1ncc(F)cn1)C(=O)c1ccc(Br)cc12. The highest BCUT2D eigenvalue weighted by molar-refractivity contribution is 9.10. The molecule has 27 heavy (non-hydrogen) atoms. The third kappa shape index (κ3) is 3.06. The Labute approximate surface area is 162 Å². The molecule has 2 heterocycles. The van der Waals surface area contributed by atoms with Crippen LogP contribution in [0.5, 0.6) is 0 Å². The van der Waals surface area contributed by atoms with Crippen LogP contribution in [0.3, 0.4) is 0 Å². The van der Waals surface area contributed by atoms with Crippen LogP contribution >= 0.6 is 15.9 Å². The number of aromatic nitrogens is 2. The van der Waals surface area contributed by atoms with Gasteiger partial charge in [-0.05, 0) is 23.8 Å². The maximum absolute atomic E-state index is 12.9. The second-order valence-corrected chi connectivity index (χ2v) is 7.55. The maximum Gasteiger partial charge on any atom is 0.254 e. The van der Waals surface area contributed by atoms with E-state index < -0.39 is 17.1 Å². The number of nitrogens with zero attached hydrogens (tertiary/aromatic N) is 4. The third-order valence-corrected chi connectivity index (χ3v) is 5.40. The molecular weight excluding hydrogens is 417 g/mol. The van der Waals surface area contributed by atoms with Crippen molar-refractivity contribution < 1.29 is 14.0 Å². The van der Waals surface area contributed by atoms with Gasteiger partial charge in [0.15, 0.2) is 5.82 Å². The molecule has 1 saturated carbocycles. The lowest BCUT2D eigenvalue weighted by Crippen LogP contribution is -2.47. The van der Waals surface area contributed by atoms with Crippen LogP contribution in [0.1, 0.15) is 22.3 Å². The van der Waals surface area contributed by atoms with Gasteiger partial charge < -0.3 is 9.74 Å². The van der Waals surface area contributed by atoms with Crippen molar-refractivity contribution in [3.8, 4) is 0 Å². The van der Waals surface area contributed by atoms with Crippen molar-refractivity contribution in [2.45, 2.75) is 17.9 Å². The predicted octanol–water partition coefficient (Wildman–Crippen LogP) is 2.40. The Morgan fingerprint density at radius 1 is 1.44 bits per heavy atom. The summed E-state index contributed by atoms with van der Waals surface area (Å²) in [5, 5.41) is 2.45. The Hall–Kier alpha value is -2.86. The molecule has 2 amide bonds. The summed E-state index contributed by atoms with van der Waals surface area (Å²) in [6.07, 6.45) is 2.55. The fourth-order valence-electron chi connectivity index (χ4n) is 3.54. The van der Waals surface area contributed by atoms with Crippen LogP contribution < -0.4 is 5.32 Å². The van der Waals surface area contributed by atoms with Gasteiger partial charge in [0, 0.05) is 23.0 Å². The number of hydrogen-bond acceptors (Lipinski definition) is 4. The van der Waals surface area contributed by atoms with Crippen molar-refractivity contribution in [1.29, 1.82) is 0 Å². The molecule has 9 heteroatoms. The van der Waals surface area contributed by atoms with Crippen LogP contribution in [0.4, 0.5) is 10.3 Å². The van der Waals surface area contributed by atoms with Gasteiger partial charge in [-0.2, -0.15) is 0 Å². The van der Waals surface area contributed by atoms with E-state index in [0.29, 0.717) is 18.5 Å². The topological polar surface area (TPSA) is 79.6 Å². The minimum Gasteiger partial charge on any atom is -0.328 e. The number of benzene rings is 1. The average Bonchev–Trinajstić information content (AvgIpc) is 3.35. The van der Waals surface area contributed by atoms with E-state index in [-0.39, 0.29) is 24.4 Å². The summed E-state index contributed by atoms with van der Waals surface area (Å²) in [6, 6.07) is 5.18. The van der Waals surface area contributed by atoms with Gasteiger partial charge >= 0.3 is 0 Å². The molecule has 1 aliphatic carbocycles. The summed E-state index contributed by atoms with van der Waals surface area (Å²) in [4.78, 5) is 37.6. The summed E-state index contributed by atoms with van der Waals surface area (Å²) < 4.78 is 13.7. The molecule has 1 aromatic carbocycles. The fourth-order valence-corrected chi connectivity index (χ4v) is 3.90. The van der Waals surface area contributed by atoms with Crippen molar-refractivity contribution in [3.05, 3.63) is 63.4 Å². The van der Waals surface area contributed by atoms with Crippen LogP contribution in [0.2, 0.25) is 0 Å². The Morgan fingerprint density at radius 2 is 2.19 bits per heavy atom. The zero-order valence-corrected chi connectivity index (χ0v) is 15.5. The van der Waals surface area contributed by atoms with Crippen molar-refractivity contribution in [3.63, 3.8) is 0 Å². The molecule has 0 bridgehead atoms. The van der Waals surface area contributed by atoms with E-state index >= 15 is 0 Å². The Morgan fingerprint density at radius 3 is 2.85 bits per heavy atom. The van der Waals surface area contributed by atoms with Crippen molar-refractivity contribution >= 4 is 33.7 Å². The van der Waals surface area contributed by atoms with Gasteiger partial charge in [0.1, 0.15) is 6.54 Å². The van der Waals surface area contributed by atoms with E-state index in [1.54, 1.807) is 12.1 Å². The second-order valence-electron chi connectivity index (χ2n) is 6.63. The highest BCUT2D eigenvalue weighted by Crippen LogP contribution is 2.54. The first-order valence-corrected chi connectivity index (χ1v) is 8.95. The smallest absolute Gasteiger partial charge is 0.254 e. The quantitative estimate of drug-likeness (QED) is 0.759. The number of hydrogen-bond donors (Lipinski definition) is 1. The number of fused-ring (bicyclic) bond motifs is 2. The molecule has 2 aromatic rings.